The third kappa shape index (κ3) is 4.78. The van der Waals surface area contributed by atoms with Crippen LogP contribution >= 0.6 is 0 Å². The molecule has 0 atom stereocenters. The minimum Gasteiger partial charge on any atom is -0.354 e. The van der Waals surface area contributed by atoms with Gasteiger partial charge < -0.3 is 14.7 Å². The van der Waals surface area contributed by atoms with Gasteiger partial charge in [0.05, 0.1) is 4.90 Å². The van der Waals surface area contributed by atoms with E-state index in [0.717, 1.165) is 49.8 Å². The average molecular weight is 453 g/mol. The first-order chi connectivity index (χ1) is 14.7. The van der Waals surface area contributed by atoms with Crippen LogP contribution in [0.2, 0.25) is 0 Å². The Labute approximate surface area is 181 Å². The zero-order valence-electron chi connectivity index (χ0n) is 17.6. The molecule has 0 radical (unpaired) electrons. The van der Waals surface area contributed by atoms with E-state index in [9.17, 15) is 17.2 Å². The molecule has 2 saturated heterocycles. The smallest absolute Gasteiger partial charge is 0.243 e. The monoisotopic (exact) mass is 452 g/mol. The average Bonchev–Trinajstić information content (AvgIpc) is 2.73. The molecule has 8 nitrogen and oxygen atoms in total. The van der Waals surface area contributed by atoms with E-state index in [1.807, 2.05) is 17.9 Å². The molecule has 2 aromatic rings. The molecule has 0 aliphatic carbocycles. The molecule has 0 bridgehead atoms. The number of sulfonamides is 1. The molecule has 3 heterocycles. The molecule has 2 fully saturated rings. The van der Waals surface area contributed by atoms with Crippen LogP contribution in [0.5, 0.6) is 0 Å². The third-order valence-corrected chi connectivity index (χ3v) is 7.53. The second kappa shape index (κ2) is 8.64. The number of nitrogens with zero attached hydrogens (tertiary/aromatic N) is 6. The van der Waals surface area contributed by atoms with Gasteiger partial charge in [0.1, 0.15) is 17.5 Å². The molecule has 31 heavy (non-hydrogen) atoms. The first kappa shape index (κ1) is 21.8. The zero-order valence-corrected chi connectivity index (χ0v) is 18.4. The molecule has 0 saturated carbocycles. The molecule has 1 aromatic heterocycles. The van der Waals surface area contributed by atoms with E-state index < -0.39 is 21.7 Å². The Bertz CT molecular complexity index is 1030. The van der Waals surface area contributed by atoms with Gasteiger partial charge in [0.25, 0.3) is 0 Å². The number of benzene rings is 1. The molecule has 168 valence electrons. The van der Waals surface area contributed by atoms with Crippen LogP contribution in [-0.2, 0) is 10.0 Å². The molecule has 0 unspecified atom stereocenters. The Kier molecular flexibility index (Phi) is 6.09. The lowest BCUT2D eigenvalue weighted by atomic mass is 10.3. The van der Waals surface area contributed by atoms with Gasteiger partial charge >= 0.3 is 0 Å². The highest BCUT2D eigenvalue weighted by Crippen LogP contribution is 2.23. The van der Waals surface area contributed by atoms with E-state index in [4.69, 9.17) is 4.98 Å². The highest BCUT2D eigenvalue weighted by atomic mass is 32.2. The van der Waals surface area contributed by atoms with E-state index in [2.05, 4.69) is 21.8 Å². The summed E-state index contributed by atoms with van der Waals surface area (Å²) >= 11 is 0. The number of aromatic nitrogens is 2. The van der Waals surface area contributed by atoms with Gasteiger partial charge in [0, 0.05) is 70.2 Å². The molecular formula is C20H26F2N6O2S. The second-order valence-electron chi connectivity index (χ2n) is 7.95. The van der Waals surface area contributed by atoms with Crippen molar-refractivity contribution in [2.45, 2.75) is 11.8 Å². The predicted octanol–water partition coefficient (Wildman–Crippen LogP) is 1.33. The minimum atomic E-state index is -3.98. The summed E-state index contributed by atoms with van der Waals surface area (Å²) < 4.78 is 53.9. The summed E-state index contributed by atoms with van der Waals surface area (Å²) in [5, 5.41) is 0. The Morgan fingerprint density at radius 3 is 2.00 bits per heavy atom. The number of hydrogen-bond acceptors (Lipinski definition) is 7. The molecule has 0 N–H and O–H groups in total. The Hall–Kier alpha value is -2.37. The van der Waals surface area contributed by atoms with Gasteiger partial charge in [-0.3, -0.25) is 0 Å². The van der Waals surface area contributed by atoms with Crippen molar-refractivity contribution in [1.82, 2.24) is 19.2 Å². The number of likely N-dealkylation sites (N-methyl/N-ethyl adjacent to an activating group) is 1. The molecule has 1 aromatic carbocycles. The fraction of sp³-hybridized carbons (Fsp3) is 0.500. The maximum Gasteiger partial charge on any atom is 0.243 e. The Balaban J connectivity index is 1.47. The van der Waals surface area contributed by atoms with E-state index in [0.29, 0.717) is 25.1 Å². The lowest BCUT2D eigenvalue weighted by molar-refractivity contribution is 0.312. The van der Waals surface area contributed by atoms with E-state index in [1.54, 1.807) is 0 Å². The van der Waals surface area contributed by atoms with Crippen molar-refractivity contribution in [3.05, 3.63) is 41.6 Å². The van der Waals surface area contributed by atoms with Crippen LogP contribution in [0.1, 0.15) is 5.69 Å². The van der Waals surface area contributed by atoms with Crippen molar-refractivity contribution in [1.29, 1.82) is 0 Å². The molecule has 2 aliphatic rings. The molecule has 2 aliphatic heterocycles. The first-order valence-corrected chi connectivity index (χ1v) is 11.7. The SMILES string of the molecule is Cc1cc(N2CCN(C)CC2)nc(N2CCN(S(=O)(=O)c3cc(F)cc(F)c3)CC2)n1. The van der Waals surface area contributed by atoms with Crippen molar-refractivity contribution >= 4 is 21.8 Å². The quantitative estimate of drug-likeness (QED) is 0.693. The first-order valence-electron chi connectivity index (χ1n) is 10.2. The number of halogens is 2. The third-order valence-electron chi connectivity index (χ3n) is 5.65. The normalized spacial score (nSPS) is 19.1. The maximum atomic E-state index is 13.5. The summed E-state index contributed by atoms with van der Waals surface area (Å²) in [6.45, 7) is 6.79. The standard InChI is InChI=1S/C20H26F2N6O2S/c1-15-11-19(26-5-3-25(2)4-6-26)24-20(23-15)27-7-9-28(10-8-27)31(29,30)18-13-16(21)12-17(22)14-18/h11-14H,3-10H2,1-2H3. The minimum absolute atomic E-state index is 0.182. The van der Waals surface area contributed by atoms with Crippen LogP contribution in [0.15, 0.2) is 29.2 Å². The number of piperazine rings is 2. The number of hydrogen-bond donors (Lipinski definition) is 0. The lowest BCUT2D eigenvalue weighted by Crippen LogP contribution is -2.49. The van der Waals surface area contributed by atoms with Crippen molar-refractivity contribution in [2.24, 2.45) is 0 Å². The van der Waals surface area contributed by atoms with Gasteiger partial charge in [-0.15, -0.1) is 0 Å². The van der Waals surface area contributed by atoms with Gasteiger partial charge in [-0.25, -0.2) is 22.2 Å². The number of aryl methyl sites for hydroxylation is 1. The molecule has 4 rings (SSSR count). The molecular weight excluding hydrogens is 426 g/mol. The van der Waals surface area contributed by atoms with Gasteiger partial charge in [-0.2, -0.15) is 9.29 Å². The van der Waals surface area contributed by atoms with E-state index in [1.165, 1.54) is 4.31 Å². The summed E-state index contributed by atoms with van der Waals surface area (Å²) in [6, 6.07) is 4.31. The van der Waals surface area contributed by atoms with Crippen LogP contribution < -0.4 is 9.80 Å². The lowest BCUT2D eigenvalue weighted by Gasteiger charge is -2.36. The van der Waals surface area contributed by atoms with Crippen molar-refractivity contribution in [3.8, 4) is 0 Å². The van der Waals surface area contributed by atoms with Crippen LogP contribution in [0.25, 0.3) is 0 Å². The van der Waals surface area contributed by atoms with Crippen LogP contribution in [0.4, 0.5) is 20.5 Å². The summed E-state index contributed by atoms with van der Waals surface area (Å²) in [7, 11) is -1.88. The summed E-state index contributed by atoms with van der Waals surface area (Å²) in [6.07, 6.45) is 0. The van der Waals surface area contributed by atoms with Crippen LogP contribution in [0.3, 0.4) is 0 Å². The highest BCUT2D eigenvalue weighted by Gasteiger charge is 2.30. The number of rotatable bonds is 4. The van der Waals surface area contributed by atoms with Crippen molar-refractivity contribution < 1.29 is 17.2 Å². The number of anilines is 2. The predicted molar refractivity (Wildman–Crippen MR) is 114 cm³/mol. The van der Waals surface area contributed by atoms with Gasteiger partial charge in [0.15, 0.2) is 0 Å². The van der Waals surface area contributed by atoms with Gasteiger partial charge in [0.2, 0.25) is 16.0 Å². The molecule has 0 amide bonds. The van der Waals surface area contributed by atoms with Crippen molar-refractivity contribution in [3.63, 3.8) is 0 Å². The fourth-order valence-corrected chi connectivity index (χ4v) is 5.30. The fourth-order valence-electron chi connectivity index (χ4n) is 3.83. The summed E-state index contributed by atoms with van der Waals surface area (Å²) in [5.41, 5.74) is 0.851. The largest absolute Gasteiger partial charge is 0.354 e. The zero-order chi connectivity index (χ0) is 22.2. The maximum absolute atomic E-state index is 13.5. The Morgan fingerprint density at radius 2 is 1.39 bits per heavy atom. The topological polar surface area (TPSA) is 72.9 Å². The molecule has 0 spiro atoms. The van der Waals surface area contributed by atoms with Crippen LogP contribution in [0, 0.1) is 18.6 Å². The second-order valence-corrected chi connectivity index (χ2v) is 9.89. The van der Waals surface area contributed by atoms with Gasteiger partial charge in [-0.1, -0.05) is 0 Å². The summed E-state index contributed by atoms with van der Waals surface area (Å²) in [4.78, 5) is 15.4. The highest BCUT2D eigenvalue weighted by molar-refractivity contribution is 7.89. The molecule has 11 heteroatoms. The Morgan fingerprint density at radius 1 is 0.806 bits per heavy atom. The van der Waals surface area contributed by atoms with E-state index >= 15 is 0 Å². The van der Waals surface area contributed by atoms with Crippen molar-refractivity contribution in [2.75, 3.05) is 69.2 Å². The summed E-state index contributed by atoms with van der Waals surface area (Å²) in [5.74, 6) is -0.382. The van der Waals surface area contributed by atoms with Crippen LogP contribution in [-0.4, -0.2) is 87.0 Å². The van der Waals surface area contributed by atoms with E-state index in [-0.39, 0.29) is 18.0 Å². The van der Waals surface area contributed by atoms with Gasteiger partial charge in [-0.05, 0) is 26.1 Å².